The first-order valence-electron chi connectivity index (χ1n) is 17.1. The van der Waals surface area contributed by atoms with Crippen LogP contribution in [0.5, 0.6) is 0 Å². The van der Waals surface area contributed by atoms with Gasteiger partial charge in [-0.3, -0.25) is 0 Å². The summed E-state index contributed by atoms with van der Waals surface area (Å²) in [7, 11) is 0. The molecular formula is C47H29N3S. The van der Waals surface area contributed by atoms with Crippen molar-refractivity contribution in [1.29, 1.82) is 0 Å². The number of aromatic nitrogens is 3. The third kappa shape index (κ3) is 5.16. The number of thiophene rings is 1. The fraction of sp³-hybridized carbons (Fsp3) is 0. The van der Waals surface area contributed by atoms with E-state index in [-0.39, 0.29) is 0 Å². The highest BCUT2D eigenvalue weighted by molar-refractivity contribution is 7.26. The lowest BCUT2D eigenvalue weighted by Crippen LogP contribution is -1.96. The zero-order chi connectivity index (χ0) is 33.7. The third-order valence-corrected chi connectivity index (χ3v) is 10.9. The lowest BCUT2D eigenvalue weighted by atomic mass is 9.96. The Bertz CT molecular complexity index is 2900. The SMILES string of the molecule is c1ccc(-c2ccc(-c3nc(-c4ccccc4)cc(-c4cccc(-c5nc6ccccc6c6c5ccc5c7ccccc7sc56)c4)n3)cc2)cc1. The maximum Gasteiger partial charge on any atom is 0.160 e. The van der Waals surface area contributed by atoms with E-state index >= 15 is 0 Å². The van der Waals surface area contributed by atoms with Gasteiger partial charge in [-0.05, 0) is 35.4 Å². The van der Waals surface area contributed by atoms with Crippen LogP contribution >= 0.6 is 11.3 Å². The van der Waals surface area contributed by atoms with Gasteiger partial charge in [-0.2, -0.15) is 0 Å². The van der Waals surface area contributed by atoms with Gasteiger partial charge in [-0.1, -0.05) is 152 Å². The number of rotatable bonds is 5. The molecule has 3 aromatic heterocycles. The van der Waals surface area contributed by atoms with E-state index in [4.69, 9.17) is 15.0 Å². The molecule has 0 fully saturated rings. The molecule has 7 aromatic carbocycles. The quantitative estimate of drug-likeness (QED) is 0.171. The molecule has 0 aliphatic carbocycles. The molecule has 0 aliphatic heterocycles. The van der Waals surface area contributed by atoms with Crippen LogP contribution in [0.15, 0.2) is 176 Å². The van der Waals surface area contributed by atoms with E-state index in [2.05, 4.69) is 164 Å². The smallest absolute Gasteiger partial charge is 0.160 e. The standard InChI is InChI=1S/C47H29N3S/c1-3-12-30(13-4-1)31-22-24-33(25-23-31)47-49-41(32-14-5-2-6-15-32)29-42(50-47)34-16-11-17-35(28-34)45-39-27-26-37-36-18-8-10-21-43(36)51-46(37)44(39)38-19-7-9-20-40(38)48-45/h1-29H. The Balaban J connectivity index is 1.14. The van der Waals surface area contributed by atoms with E-state index < -0.39 is 0 Å². The maximum absolute atomic E-state index is 5.30. The molecule has 0 saturated carbocycles. The van der Waals surface area contributed by atoms with Crippen molar-refractivity contribution in [2.24, 2.45) is 0 Å². The van der Waals surface area contributed by atoms with Crippen LogP contribution in [0.2, 0.25) is 0 Å². The molecule has 0 saturated heterocycles. The second kappa shape index (κ2) is 12.1. The maximum atomic E-state index is 5.30. The topological polar surface area (TPSA) is 38.7 Å². The second-order valence-corrected chi connectivity index (χ2v) is 13.8. The normalized spacial score (nSPS) is 11.5. The molecule has 0 aliphatic rings. The van der Waals surface area contributed by atoms with Crippen molar-refractivity contribution in [3.8, 4) is 56.3 Å². The highest BCUT2D eigenvalue weighted by atomic mass is 32.1. The van der Waals surface area contributed by atoms with Crippen molar-refractivity contribution in [3.63, 3.8) is 0 Å². The van der Waals surface area contributed by atoms with Gasteiger partial charge in [0.2, 0.25) is 0 Å². The van der Waals surface area contributed by atoms with E-state index in [1.165, 1.54) is 36.5 Å². The Morgan fingerprint density at radius 1 is 0.353 bits per heavy atom. The predicted molar refractivity (Wildman–Crippen MR) is 215 cm³/mol. The Morgan fingerprint density at radius 2 is 0.941 bits per heavy atom. The zero-order valence-corrected chi connectivity index (χ0v) is 28.3. The summed E-state index contributed by atoms with van der Waals surface area (Å²) >= 11 is 1.86. The van der Waals surface area contributed by atoms with E-state index in [0.29, 0.717) is 5.82 Å². The fourth-order valence-corrected chi connectivity index (χ4v) is 8.45. The second-order valence-electron chi connectivity index (χ2n) is 12.8. The van der Waals surface area contributed by atoms with Crippen molar-refractivity contribution in [3.05, 3.63) is 176 Å². The molecule has 10 aromatic rings. The van der Waals surface area contributed by atoms with Crippen LogP contribution in [-0.4, -0.2) is 15.0 Å². The van der Waals surface area contributed by atoms with Gasteiger partial charge in [0, 0.05) is 58.6 Å². The minimum absolute atomic E-state index is 0.692. The van der Waals surface area contributed by atoms with Gasteiger partial charge in [0.1, 0.15) is 0 Å². The fourth-order valence-electron chi connectivity index (χ4n) is 7.19. The molecule has 0 bridgehead atoms. The Morgan fingerprint density at radius 3 is 1.75 bits per heavy atom. The number of hydrogen-bond acceptors (Lipinski definition) is 4. The summed E-state index contributed by atoms with van der Waals surface area (Å²) < 4.78 is 2.60. The first kappa shape index (κ1) is 29.4. The minimum atomic E-state index is 0.692. The van der Waals surface area contributed by atoms with Crippen LogP contribution < -0.4 is 0 Å². The summed E-state index contributed by atoms with van der Waals surface area (Å²) in [5, 5.41) is 6.17. The molecule has 0 atom stereocenters. The summed E-state index contributed by atoms with van der Waals surface area (Å²) in [6.07, 6.45) is 0. The van der Waals surface area contributed by atoms with E-state index in [1.54, 1.807) is 0 Å². The van der Waals surface area contributed by atoms with Crippen molar-refractivity contribution in [2.75, 3.05) is 0 Å². The van der Waals surface area contributed by atoms with Gasteiger partial charge < -0.3 is 0 Å². The Kier molecular flexibility index (Phi) is 7.00. The zero-order valence-electron chi connectivity index (χ0n) is 27.5. The molecule has 0 radical (unpaired) electrons. The van der Waals surface area contributed by atoms with E-state index in [1.807, 2.05) is 23.5 Å². The van der Waals surface area contributed by atoms with Crippen LogP contribution in [-0.2, 0) is 0 Å². The molecule has 0 N–H and O–H groups in total. The molecule has 238 valence electrons. The van der Waals surface area contributed by atoms with Crippen LogP contribution in [0, 0.1) is 0 Å². The molecule has 3 heterocycles. The van der Waals surface area contributed by atoms with Gasteiger partial charge in [-0.25, -0.2) is 15.0 Å². The molecule has 0 spiro atoms. The number of para-hydroxylation sites is 1. The summed E-state index contributed by atoms with van der Waals surface area (Å²) in [6.45, 7) is 0. The number of benzene rings is 7. The highest BCUT2D eigenvalue weighted by Crippen LogP contribution is 2.43. The largest absolute Gasteiger partial charge is 0.247 e. The van der Waals surface area contributed by atoms with E-state index in [9.17, 15) is 0 Å². The van der Waals surface area contributed by atoms with Gasteiger partial charge in [0.05, 0.1) is 22.6 Å². The Labute approximate surface area is 299 Å². The third-order valence-electron chi connectivity index (χ3n) is 9.69. The molecule has 4 heteroatoms. The van der Waals surface area contributed by atoms with Gasteiger partial charge in [0.15, 0.2) is 5.82 Å². The summed E-state index contributed by atoms with van der Waals surface area (Å²) in [6, 6.07) is 61.8. The van der Waals surface area contributed by atoms with Crippen LogP contribution in [0.1, 0.15) is 0 Å². The molecule has 51 heavy (non-hydrogen) atoms. The van der Waals surface area contributed by atoms with Gasteiger partial charge in [0.25, 0.3) is 0 Å². The van der Waals surface area contributed by atoms with Crippen LogP contribution in [0.3, 0.4) is 0 Å². The summed E-state index contributed by atoms with van der Waals surface area (Å²) in [5.74, 6) is 0.692. The monoisotopic (exact) mass is 667 g/mol. The minimum Gasteiger partial charge on any atom is -0.247 e. The van der Waals surface area contributed by atoms with Crippen LogP contribution in [0.25, 0.3) is 98.1 Å². The first-order valence-corrected chi connectivity index (χ1v) is 17.9. The average Bonchev–Trinajstić information content (AvgIpc) is 3.60. The molecular weight excluding hydrogens is 639 g/mol. The number of hydrogen-bond donors (Lipinski definition) is 0. The predicted octanol–water partition coefficient (Wildman–Crippen LogP) is 12.9. The number of fused-ring (bicyclic) bond motifs is 7. The molecule has 3 nitrogen and oxygen atoms in total. The average molecular weight is 668 g/mol. The van der Waals surface area contributed by atoms with Crippen molar-refractivity contribution in [2.45, 2.75) is 0 Å². The van der Waals surface area contributed by atoms with Gasteiger partial charge in [-0.15, -0.1) is 11.3 Å². The summed E-state index contributed by atoms with van der Waals surface area (Å²) in [5.41, 5.74) is 10.1. The van der Waals surface area contributed by atoms with Crippen molar-refractivity contribution < 1.29 is 0 Å². The van der Waals surface area contributed by atoms with Crippen molar-refractivity contribution >= 4 is 53.2 Å². The van der Waals surface area contributed by atoms with Crippen molar-refractivity contribution in [1.82, 2.24) is 15.0 Å². The summed E-state index contributed by atoms with van der Waals surface area (Å²) in [4.78, 5) is 15.6. The van der Waals surface area contributed by atoms with Crippen LogP contribution in [0.4, 0.5) is 0 Å². The number of pyridine rings is 1. The Hall–Kier alpha value is -6.49. The first-order chi connectivity index (χ1) is 25.3. The molecule has 0 amide bonds. The highest BCUT2D eigenvalue weighted by Gasteiger charge is 2.17. The lowest BCUT2D eigenvalue weighted by molar-refractivity contribution is 1.18. The molecule has 10 rings (SSSR count). The van der Waals surface area contributed by atoms with E-state index in [0.717, 1.165) is 55.8 Å². The van der Waals surface area contributed by atoms with Gasteiger partial charge >= 0.3 is 0 Å². The number of nitrogens with zero attached hydrogens (tertiary/aromatic N) is 3. The lowest BCUT2D eigenvalue weighted by Gasteiger charge is -2.13. The molecule has 0 unspecified atom stereocenters.